The van der Waals surface area contributed by atoms with Gasteiger partial charge in [0.1, 0.15) is 0 Å². The van der Waals surface area contributed by atoms with Gasteiger partial charge in [-0.05, 0) is 25.3 Å². The quantitative estimate of drug-likeness (QED) is 0.882. The molecule has 0 saturated heterocycles. The summed E-state index contributed by atoms with van der Waals surface area (Å²) >= 11 is 0. The van der Waals surface area contributed by atoms with Gasteiger partial charge in [-0.3, -0.25) is 9.69 Å². The first-order valence-electron chi connectivity index (χ1n) is 9.16. The van der Waals surface area contributed by atoms with Crippen molar-refractivity contribution in [2.24, 2.45) is 7.05 Å². The van der Waals surface area contributed by atoms with Crippen LogP contribution in [0, 0.1) is 0 Å². The number of amides is 1. The number of methoxy groups -OCH3 is 1. The summed E-state index contributed by atoms with van der Waals surface area (Å²) in [4.78, 5) is 24.0. The number of ether oxygens (including phenoxy) is 1. The fourth-order valence-corrected chi connectivity index (χ4v) is 3.83. The second-order valence-corrected chi connectivity index (χ2v) is 7.22. The van der Waals surface area contributed by atoms with Crippen molar-refractivity contribution in [1.29, 1.82) is 0 Å². The molecule has 1 amide bonds. The number of carbonyl (C=O) groups is 1. The highest BCUT2D eigenvalue weighted by molar-refractivity contribution is 5.84. The van der Waals surface area contributed by atoms with Crippen LogP contribution >= 0.6 is 0 Å². The second kappa shape index (κ2) is 7.07. The Balaban J connectivity index is 1.56. The molecule has 1 saturated carbocycles. The first kappa shape index (κ1) is 17.0. The van der Waals surface area contributed by atoms with Crippen LogP contribution in [-0.4, -0.2) is 45.0 Å². The van der Waals surface area contributed by atoms with E-state index in [2.05, 4.69) is 20.2 Å². The van der Waals surface area contributed by atoms with Gasteiger partial charge in [0, 0.05) is 44.5 Å². The van der Waals surface area contributed by atoms with E-state index in [0.29, 0.717) is 25.0 Å². The molecule has 0 bridgehead atoms. The Morgan fingerprint density at radius 3 is 2.96 bits per heavy atom. The minimum absolute atomic E-state index is 0.113. The summed E-state index contributed by atoms with van der Waals surface area (Å²) in [6, 6.07) is 4.27. The van der Waals surface area contributed by atoms with Gasteiger partial charge in [-0.1, -0.05) is 6.07 Å². The van der Waals surface area contributed by atoms with Gasteiger partial charge in [0.05, 0.1) is 30.7 Å². The summed E-state index contributed by atoms with van der Waals surface area (Å²) in [5, 5.41) is 3.21. The predicted octanol–water partition coefficient (Wildman–Crippen LogP) is 1.59. The van der Waals surface area contributed by atoms with E-state index in [9.17, 15) is 4.79 Å². The van der Waals surface area contributed by atoms with Crippen LogP contribution in [0.25, 0.3) is 0 Å². The third-order valence-electron chi connectivity index (χ3n) is 5.41. The summed E-state index contributed by atoms with van der Waals surface area (Å²) in [6.45, 7) is 2.07. The van der Waals surface area contributed by atoms with Crippen molar-refractivity contribution in [3.8, 4) is 5.88 Å². The van der Waals surface area contributed by atoms with Crippen LogP contribution in [0.15, 0.2) is 24.7 Å². The molecule has 1 N–H and O–H groups in total. The lowest BCUT2D eigenvalue weighted by Crippen LogP contribution is -2.46. The smallest absolute Gasteiger partial charge is 0.230 e. The summed E-state index contributed by atoms with van der Waals surface area (Å²) < 4.78 is 7.36. The van der Waals surface area contributed by atoms with E-state index in [4.69, 9.17) is 4.74 Å². The van der Waals surface area contributed by atoms with Crippen molar-refractivity contribution < 1.29 is 9.53 Å². The Kier molecular flexibility index (Phi) is 4.63. The van der Waals surface area contributed by atoms with Gasteiger partial charge in [0.2, 0.25) is 11.8 Å². The lowest BCUT2D eigenvalue weighted by Gasteiger charge is -2.34. The lowest BCUT2D eigenvalue weighted by atomic mass is 9.91. The van der Waals surface area contributed by atoms with Crippen molar-refractivity contribution in [3.05, 3.63) is 41.6 Å². The van der Waals surface area contributed by atoms with Crippen LogP contribution in [0.3, 0.4) is 0 Å². The van der Waals surface area contributed by atoms with Gasteiger partial charge in [0.25, 0.3) is 0 Å². The maximum absolute atomic E-state index is 12.9. The average molecular weight is 355 g/mol. The highest BCUT2D eigenvalue weighted by Gasteiger charge is 2.35. The fourth-order valence-electron chi connectivity index (χ4n) is 3.83. The number of aryl methyl sites for hydroxylation is 1. The second-order valence-electron chi connectivity index (χ2n) is 7.22. The highest BCUT2D eigenvalue weighted by atomic mass is 16.5. The Morgan fingerprint density at radius 1 is 1.38 bits per heavy atom. The third-order valence-corrected chi connectivity index (χ3v) is 5.41. The van der Waals surface area contributed by atoms with Gasteiger partial charge in [0.15, 0.2) is 0 Å². The van der Waals surface area contributed by atoms with E-state index in [1.807, 2.05) is 30.1 Å². The largest absolute Gasteiger partial charge is 0.481 e. The number of fused-ring (bicyclic) bond motifs is 1. The molecule has 0 aromatic carbocycles. The topological polar surface area (TPSA) is 72.3 Å². The van der Waals surface area contributed by atoms with Gasteiger partial charge >= 0.3 is 0 Å². The molecule has 26 heavy (non-hydrogen) atoms. The van der Waals surface area contributed by atoms with Crippen LogP contribution in [0.2, 0.25) is 0 Å². The Hall–Kier alpha value is -2.41. The maximum Gasteiger partial charge on any atom is 0.230 e. The van der Waals surface area contributed by atoms with E-state index in [1.54, 1.807) is 13.3 Å². The van der Waals surface area contributed by atoms with Gasteiger partial charge < -0.3 is 14.6 Å². The minimum Gasteiger partial charge on any atom is -0.481 e. The molecule has 3 heterocycles. The predicted molar refractivity (Wildman–Crippen MR) is 96.6 cm³/mol. The monoisotopic (exact) mass is 355 g/mol. The van der Waals surface area contributed by atoms with E-state index >= 15 is 0 Å². The lowest BCUT2D eigenvalue weighted by molar-refractivity contribution is -0.124. The van der Waals surface area contributed by atoms with Crippen molar-refractivity contribution >= 4 is 5.91 Å². The van der Waals surface area contributed by atoms with Gasteiger partial charge in [-0.2, -0.15) is 0 Å². The molecule has 4 rings (SSSR count). The SMILES string of the molecule is COc1ncccc1CN1Cc2ncn(C)c2C(C(=O)NC2CCC2)C1. The molecule has 1 aliphatic heterocycles. The molecule has 7 heteroatoms. The molecule has 2 aromatic heterocycles. The summed E-state index contributed by atoms with van der Waals surface area (Å²) in [7, 11) is 3.60. The molecule has 1 aliphatic carbocycles. The molecule has 1 atom stereocenters. The van der Waals surface area contributed by atoms with E-state index < -0.39 is 0 Å². The van der Waals surface area contributed by atoms with Crippen LogP contribution in [0.5, 0.6) is 5.88 Å². The maximum atomic E-state index is 12.9. The zero-order valence-electron chi connectivity index (χ0n) is 15.3. The molecule has 2 aromatic rings. The molecular formula is C19H25N5O2. The first-order valence-corrected chi connectivity index (χ1v) is 9.16. The number of imidazole rings is 1. The Morgan fingerprint density at radius 2 is 2.23 bits per heavy atom. The number of aromatic nitrogens is 3. The highest BCUT2D eigenvalue weighted by Crippen LogP contribution is 2.30. The molecule has 7 nitrogen and oxygen atoms in total. The number of nitrogens with one attached hydrogen (secondary N) is 1. The summed E-state index contributed by atoms with van der Waals surface area (Å²) in [5.41, 5.74) is 3.04. The van der Waals surface area contributed by atoms with Crippen molar-refractivity contribution in [3.63, 3.8) is 0 Å². The Labute approximate surface area is 153 Å². The van der Waals surface area contributed by atoms with E-state index in [1.165, 1.54) is 6.42 Å². The molecule has 1 unspecified atom stereocenters. The normalized spacial score (nSPS) is 20.3. The zero-order chi connectivity index (χ0) is 18.1. The van der Waals surface area contributed by atoms with Crippen LogP contribution in [0.4, 0.5) is 0 Å². The number of rotatable bonds is 5. The van der Waals surface area contributed by atoms with Crippen LogP contribution in [-0.2, 0) is 24.9 Å². The van der Waals surface area contributed by atoms with Gasteiger partial charge in [-0.25, -0.2) is 9.97 Å². The Bertz CT molecular complexity index is 799. The van der Waals surface area contributed by atoms with E-state index in [0.717, 1.165) is 36.3 Å². The van der Waals surface area contributed by atoms with Crippen molar-refractivity contribution in [2.75, 3.05) is 13.7 Å². The fraction of sp³-hybridized carbons (Fsp3) is 0.526. The van der Waals surface area contributed by atoms with Crippen LogP contribution in [0.1, 0.15) is 42.1 Å². The molecule has 138 valence electrons. The standard InChI is InChI=1S/C19H25N5O2/c1-23-12-21-16-11-24(9-13-5-4-8-20-19(13)26-2)10-15(17(16)23)18(25)22-14-6-3-7-14/h4-5,8,12,14-15H,3,6-7,9-11H2,1-2H3,(H,22,25). The number of hydrogen-bond donors (Lipinski definition) is 1. The number of pyridine rings is 1. The minimum atomic E-state index is -0.200. The average Bonchev–Trinajstić information content (AvgIpc) is 2.99. The molecular weight excluding hydrogens is 330 g/mol. The first-order chi connectivity index (χ1) is 12.7. The molecule has 0 spiro atoms. The van der Waals surface area contributed by atoms with Crippen molar-refractivity contribution in [2.45, 2.75) is 44.3 Å². The van der Waals surface area contributed by atoms with E-state index in [-0.39, 0.29) is 11.8 Å². The number of hydrogen-bond acceptors (Lipinski definition) is 5. The summed E-state index contributed by atoms with van der Waals surface area (Å²) in [5.74, 6) is 0.548. The molecule has 0 radical (unpaired) electrons. The molecule has 1 fully saturated rings. The zero-order valence-corrected chi connectivity index (χ0v) is 15.3. The van der Waals surface area contributed by atoms with Crippen LogP contribution < -0.4 is 10.1 Å². The van der Waals surface area contributed by atoms with Crippen molar-refractivity contribution in [1.82, 2.24) is 24.8 Å². The summed E-state index contributed by atoms with van der Waals surface area (Å²) in [6.07, 6.45) is 6.92. The third kappa shape index (κ3) is 3.19. The van der Waals surface area contributed by atoms with Gasteiger partial charge in [-0.15, -0.1) is 0 Å². The number of nitrogens with zero attached hydrogens (tertiary/aromatic N) is 4. The number of carbonyl (C=O) groups excluding carboxylic acids is 1. The molecule has 2 aliphatic rings.